The Hall–Kier alpha value is -0.420. The van der Waals surface area contributed by atoms with E-state index in [1.165, 1.54) is 24.8 Å². The second-order valence-corrected chi connectivity index (χ2v) is 6.21. The van der Waals surface area contributed by atoms with Gasteiger partial charge in [0.25, 0.3) is 0 Å². The molecule has 1 aromatic carbocycles. The van der Waals surface area contributed by atoms with E-state index < -0.39 is 0 Å². The highest BCUT2D eigenvalue weighted by molar-refractivity contribution is 9.10. The fourth-order valence-corrected chi connectivity index (χ4v) is 2.80. The molecular formula is C15H23BrN2O. The standard InChI is InChI=1S/C15H23BrN2O/c16-13-6-4-12(5-7-13)15(17)8-9-18(10-11-19)14-2-1-3-14/h4-7,14-15,19H,1-3,8-11,17H2. The summed E-state index contributed by atoms with van der Waals surface area (Å²) in [5, 5.41) is 9.14. The maximum atomic E-state index is 9.14. The van der Waals surface area contributed by atoms with Crippen molar-refractivity contribution in [2.24, 2.45) is 5.73 Å². The van der Waals surface area contributed by atoms with Gasteiger partial charge in [-0.3, -0.25) is 4.90 Å². The summed E-state index contributed by atoms with van der Waals surface area (Å²) in [7, 11) is 0. The van der Waals surface area contributed by atoms with Crippen molar-refractivity contribution in [3.8, 4) is 0 Å². The molecule has 1 aliphatic carbocycles. The van der Waals surface area contributed by atoms with Crippen LogP contribution in [0.2, 0.25) is 0 Å². The van der Waals surface area contributed by atoms with Crippen LogP contribution in [0.3, 0.4) is 0 Å². The lowest BCUT2D eigenvalue weighted by Gasteiger charge is -2.37. The first kappa shape index (κ1) is 15.0. The number of rotatable bonds is 7. The molecule has 106 valence electrons. The minimum atomic E-state index is 0.0781. The second kappa shape index (κ2) is 7.39. The molecule has 0 spiro atoms. The van der Waals surface area contributed by atoms with E-state index in [4.69, 9.17) is 10.8 Å². The summed E-state index contributed by atoms with van der Waals surface area (Å²) in [6, 6.07) is 8.97. The van der Waals surface area contributed by atoms with Crippen LogP contribution >= 0.6 is 15.9 Å². The van der Waals surface area contributed by atoms with Crippen LogP contribution in [0.5, 0.6) is 0 Å². The Balaban J connectivity index is 1.83. The van der Waals surface area contributed by atoms with Gasteiger partial charge in [0.2, 0.25) is 0 Å². The number of aliphatic hydroxyl groups is 1. The predicted octanol–water partition coefficient (Wildman–Crippen LogP) is 2.69. The Labute approximate surface area is 123 Å². The molecule has 19 heavy (non-hydrogen) atoms. The molecule has 4 heteroatoms. The zero-order valence-electron chi connectivity index (χ0n) is 11.3. The van der Waals surface area contributed by atoms with Crippen molar-refractivity contribution >= 4 is 15.9 Å². The molecular weight excluding hydrogens is 304 g/mol. The van der Waals surface area contributed by atoms with Gasteiger partial charge in [-0.2, -0.15) is 0 Å². The summed E-state index contributed by atoms with van der Waals surface area (Å²) >= 11 is 3.44. The molecule has 2 rings (SSSR count). The van der Waals surface area contributed by atoms with E-state index in [0.717, 1.165) is 24.0 Å². The molecule has 1 unspecified atom stereocenters. The Bertz CT molecular complexity index is 378. The van der Waals surface area contributed by atoms with Crippen molar-refractivity contribution in [1.29, 1.82) is 0 Å². The maximum absolute atomic E-state index is 9.14. The first-order valence-electron chi connectivity index (χ1n) is 7.06. The normalized spacial score (nSPS) is 17.5. The van der Waals surface area contributed by atoms with E-state index in [9.17, 15) is 0 Å². The van der Waals surface area contributed by atoms with E-state index in [0.29, 0.717) is 6.04 Å². The highest BCUT2D eigenvalue weighted by atomic mass is 79.9. The van der Waals surface area contributed by atoms with E-state index in [1.807, 2.05) is 12.1 Å². The van der Waals surface area contributed by atoms with Gasteiger partial charge < -0.3 is 10.8 Å². The van der Waals surface area contributed by atoms with Crippen LogP contribution in [0.1, 0.15) is 37.3 Å². The van der Waals surface area contributed by atoms with E-state index >= 15 is 0 Å². The number of nitrogens with zero attached hydrogens (tertiary/aromatic N) is 1. The molecule has 1 saturated carbocycles. The van der Waals surface area contributed by atoms with Crippen LogP contribution in [-0.2, 0) is 0 Å². The third kappa shape index (κ3) is 4.28. The van der Waals surface area contributed by atoms with Crippen molar-refractivity contribution in [2.45, 2.75) is 37.8 Å². The van der Waals surface area contributed by atoms with Crippen LogP contribution in [0.25, 0.3) is 0 Å². The molecule has 1 aliphatic rings. The highest BCUT2D eigenvalue weighted by Gasteiger charge is 2.24. The number of hydrogen-bond acceptors (Lipinski definition) is 3. The van der Waals surface area contributed by atoms with Gasteiger partial charge in [0.1, 0.15) is 0 Å². The molecule has 0 radical (unpaired) electrons. The predicted molar refractivity (Wildman–Crippen MR) is 82.0 cm³/mol. The molecule has 1 atom stereocenters. The van der Waals surface area contributed by atoms with Gasteiger partial charge in [0, 0.05) is 29.6 Å². The lowest BCUT2D eigenvalue weighted by Crippen LogP contribution is -2.43. The van der Waals surface area contributed by atoms with Gasteiger partial charge >= 0.3 is 0 Å². The van der Waals surface area contributed by atoms with Crippen LogP contribution in [0.4, 0.5) is 0 Å². The average molecular weight is 327 g/mol. The van der Waals surface area contributed by atoms with E-state index in [2.05, 4.69) is 33.0 Å². The Kier molecular flexibility index (Phi) is 5.82. The van der Waals surface area contributed by atoms with Crippen molar-refractivity contribution < 1.29 is 5.11 Å². The van der Waals surface area contributed by atoms with Gasteiger partial charge in [-0.1, -0.05) is 34.5 Å². The lowest BCUT2D eigenvalue weighted by atomic mass is 9.91. The first-order chi connectivity index (χ1) is 9.20. The number of benzene rings is 1. The molecule has 1 fully saturated rings. The molecule has 0 saturated heterocycles. The summed E-state index contributed by atoms with van der Waals surface area (Å²) in [6.45, 7) is 1.99. The largest absolute Gasteiger partial charge is 0.395 e. The Morgan fingerprint density at radius 1 is 1.26 bits per heavy atom. The smallest absolute Gasteiger partial charge is 0.0558 e. The second-order valence-electron chi connectivity index (χ2n) is 5.29. The van der Waals surface area contributed by atoms with Crippen LogP contribution < -0.4 is 5.73 Å². The zero-order valence-corrected chi connectivity index (χ0v) is 12.8. The quantitative estimate of drug-likeness (QED) is 0.809. The Morgan fingerprint density at radius 2 is 1.95 bits per heavy atom. The summed E-state index contributed by atoms with van der Waals surface area (Å²) in [4.78, 5) is 2.39. The van der Waals surface area contributed by atoms with Crippen molar-refractivity contribution in [1.82, 2.24) is 4.90 Å². The minimum absolute atomic E-state index is 0.0781. The summed E-state index contributed by atoms with van der Waals surface area (Å²) in [5.41, 5.74) is 7.43. The molecule has 0 amide bonds. The summed E-state index contributed by atoms with van der Waals surface area (Å²) in [5.74, 6) is 0. The molecule has 0 bridgehead atoms. The fourth-order valence-electron chi connectivity index (χ4n) is 2.54. The lowest BCUT2D eigenvalue weighted by molar-refractivity contribution is 0.0982. The van der Waals surface area contributed by atoms with Crippen LogP contribution in [0.15, 0.2) is 28.7 Å². The van der Waals surface area contributed by atoms with E-state index in [1.54, 1.807) is 0 Å². The van der Waals surface area contributed by atoms with Crippen molar-refractivity contribution in [3.63, 3.8) is 0 Å². The third-order valence-electron chi connectivity index (χ3n) is 4.00. The van der Waals surface area contributed by atoms with Crippen LogP contribution in [0, 0.1) is 0 Å². The molecule has 0 aromatic heterocycles. The minimum Gasteiger partial charge on any atom is -0.395 e. The number of aliphatic hydroxyl groups excluding tert-OH is 1. The maximum Gasteiger partial charge on any atom is 0.0558 e. The van der Waals surface area contributed by atoms with Crippen LogP contribution in [-0.4, -0.2) is 35.7 Å². The van der Waals surface area contributed by atoms with Gasteiger partial charge in [-0.05, 0) is 37.0 Å². The SMILES string of the molecule is NC(CCN(CCO)C1CCC1)c1ccc(Br)cc1. The monoisotopic (exact) mass is 326 g/mol. The van der Waals surface area contributed by atoms with E-state index in [-0.39, 0.29) is 12.6 Å². The van der Waals surface area contributed by atoms with Crippen molar-refractivity contribution in [3.05, 3.63) is 34.3 Å². The highest BCUT2D eigenvalue weighted by Crippen LogP contribution is 2.26. The summed E-state index contributed by atoms with van der Waals surface area (Å²) in [6.07, 6.45) is 4.81. The van der Waals surface area contributed by atoms with Gasteiger partial charge in [-0.25, -0.2) is 0 Å². The molecule has 0 heterocycles. The van der Waals surface area contributed by atoms with Gasteiger partial charge in [0.15, 0.2) is 0 Å². The first-order valence-corrected chi connectivity index (χ1v) is 7.86. The Morgan fingerprint density at radius 3 is 2.47 bits per heavy atom. The van der Waals surface area contributed by atoms with Crippen molar-refractivity contribution in [2.75, 3.05) is 19.7 Å². The van der Waals surface area contributed by atoms with Gasteiger partial charge in [-0.15, -0.1) is 0 Å². The fraction of sp³-hybridized carbons (Fsp3) is 0.600. The van der Waals surface area contributed by atoms with Gasteiger partial charge in [0.05, 0.1) is 6.61 Å². The number of hydrogen-bond donors (Lipinski definition) is 2. The molecule has 1 aromatic rings. The molecule has 3 N–H and O–H groups in total. The zero-order chi connectivity index (χ0) is 13.7. The molecule has 0 aliphatic heterocycles. The number of nitrogens with two attached hydrogens (primary N) is 1. The summed E-state index contributed by atoms with van der Waals surface area (Å²) < 4.78 is 1.08. The molecule has 3 nitrogen and oxygen atoms in total. The topological polar surface area (TPSA) is 49.5 Å². The number of halogens is 1. The average Bonchev–Trinajstić information content (AvgIpc) is 2.34. The third-order valence-corrected chi connectivity index (χ3v) is 4.53.